The minimum Gasteiger partial charge on any atom is -0.334 e. The number of nitrogens with zero attached hydrogens (tertiary/aromatic N) is 5. The molecule has 3 aromatic rings. The topological polar surface area (TPSA) is 96.8 Å². The molecular weight excluding hydrogens is 308 g/mol. The van der Waals surface area contributed by atoms with E-state index in [1.165, 1.54) is 6.33 Å². The highest BCUT2D eigenvalue weighted by atomic mass is 16.2. The quantitative estimate of drug-likeness (QED) is 0.758. The van der Waals surface area contributed by atoms with Gasteiger partial charge in [-0.3, -0.25) is 19.3 Å². The van der Waals surface area contributed by atoms with Crippen LogP contribution in [0.3, 0.4) is 0 Å². The van der Waals surface area contributed by atoms with Crippen LogP contribution in [0.15, 0.2) is 41.7 Å². The van der Waals surface area contributed by atoms with Gasteiger partial charge in [-0.25, -0.2) is 9.97 Å². The number of carbonyl (C=O) groups excluding carboxylic acids is 1. The monoisotopic (exact) mass is 324 g/mol. The molecule has 1 aliphatic heterocycles. The first-order valence-electron chi connectivity index (χ1n) is 7.84. The van der Waals surface area contributed by atoms with Crippen LogP contribution in [0.1, 0.15) is 29.5 Å². The summed E-state index contributed by atoms with van der Waals surface area (Å²) in [6.07, 6.45) is 4.55. The van der Waals surface area contributed by atoms with Gasteiger partial charge in [0.15, 0.2) is 0 Å². The maximum Gasteiger partial charge on any atom is 0.291 e. The number of aromatic amines is 1. The van der Waals surface area contributed by atoms with Crippen molar-refractivity contribution >= 4 is 16.8 Å². The van der Waals surface area contributed by atoms with Gasteiger partial charge in [-0.15, -0.1) is 0 Å². The molecule has 0 radical (unpaired) electrons. The molecule has 8 nitrogen and oxygen atoms in total. The van der Waals surface area contributed by atoms with Crippen LogP contribution in [0.2, 0.25) is 0 Å². The van der Waals surface area contributed by atoms with Gasteiger partial charge in [0.25, 0.3) is 11.5 Å². The van der Waals surface area contributed by atoms with Crippen LogP contribution >= 0.6 is 0 Å². The Morgan fingerprint density at radius 2 is 2.12 bits per heavy atom. The van der Waals surface area contributed by atoms with Gasteiger partial charge in [-0.05, 0) is 25.0 Å². The number of piperidine rings is 1. The van der Waals surface area contributed by atoms with Crippen LogP contribution < -0.4 is 5.56 Å². The van der Waals surface area contributed by atoms with Crippen molar-refractivity contribution in [3.63, 3.8) is 0 Å². The molecule has 0 bridgehead atoms. The van der Waals surface area contributed by atoms with E-state index >= 15 is 0 Å². The summed E-state index contributed by atoms with van der Waals surface area (Å²) in [5.41, 5.74) is 0.615. The van der Waals surface area contributed by atoms with Crippen LogP contribution in [0.25, 0.3) is 10.9 Å². The summed E-state index contributed by atoms with van der Waals surface area (Å²) in [7, 11) is 0. The van der Waals surface area contributed by atoms with Crippen LogP contribution in [0, 0.1) is 0 Å². The number of fused-ring (bicyclic) bond motifs is 1. The van der Waals surface area contributed by atoms with Crippen LogP contribution in [0.4, 0.5) is 0 Å². The maximum atomic E-state index is 12.7. The molecule has 1 N–H and O–H groups in total. The second kappa shape index (κ2) is 5.88. The SMILES string of the molecule is O=C(c1ncn[nH]1)N1CCC[C@@H](n2cnc3ccccc3c2=O)C1. The summed E-state index contributed by atoms with van der Waals surface area (Å²) in [5.74, 6) is 0.0265. The van der Waals surface area contributed by atoms with E-state index in [0.29, 0.717) is 24.0 Å². The van der Waals surface area contributed by atoms with E-state index in [2.05, 4.69) is 20.2 Å². The number of likely N-dealkylation sites (tertiary alicyclic amines) is 1. The maximum absolute atomic E-state index is 12.7. The molecule has 1 saturated heterocycles. The smallest absolute Gasteiger partial charge is 0.291 e. The van der Waals surface area contributed by atoms with Gasteiger partial charge in [0, 0.05) is 13.1 Å². The van der Waals surface area contributed by atoms with Crippen molar-refractivity contribution in [1.29, 1.82) is 0 Å². The van der Waals surface area contributed by atoms with Crippen LogP contribution in [0.5, 0.6) is 0 Å². The van der Waals surface area contributed by atoms with Gasteiger partial charge in [-0.1, -0.05) is 12.1 Å². The van der Waals surface area contributed by atoms with E-state index in [0.717, 1.165) is 12.8 Å². The normalized spacial score (nSPS) is 18.0. The molecule has 0 aliphatic carbocycles. The van der Waals surface area contributed by atoms with Crippen molar-refractivity contribution in [2.75, 3.05) is 13.1 Å². The number of para-hydroxylation sites is 1. The summed E-state index contributed by atoms with van der Waals surface area (Å²) in [6.45, 7) is 1.10. The summed E-state index contributed by atoms with van der Waals surface area (Å²) >= 11 is 0. The number of aromatic nitrogens is 5. The van der Waals surface area contributed by atoms with Gasteiger partial charge < -0.3 is 4.90 Å². The molecule has 3 heterocycles. The molecule has 0 unspecified atom stereocenters. The molecule has 122 valence electrons. The first-order valence-corrected chi connectivity index (χ1v) is 7.84. The average molecular weight is 324 g/mol. The minimum atomic E-state index is -0.195. The third kappa shape index (κ3) is 2.45. The highest BCUT2D eigenvalue weighted by Gasteiger charge is 2.27. The number of rotatable bonds is 2. The fraction of sp³-hybridized carbons (Fsp3) is 0.312. The van der Waals surface area contributed by atoms with E-state index in [4.69, 9.17) is 0 Å². The van der Waals surface area contributed by atoms with Gasteiger partial charge in [0.05, 0.1) is 23.3 Å². The van der Waals surface area contributed by atoms with Crippen LogP contribution in [-0.2, 0) is 0 Å². The van der Waals surface area contributed by atoms with E-state index in [1.807, 2.05) is 18.2 Å². The Kier molecular flexibility index (Phi) is 3.56. The Morgan fingerprint density at radius 1 is 1.25 bits per heavy atom. The number of hydrogen-bond acceptors (Lipinski definition) is 5. The van der Waals surface area contributed by atoms with Crippen molar-refractivity contribution in [1.82, 2.24) is 29.6 Å². The summed E-state index contributed by atoms with van der Waals surface area (Å²) < 4.78 is 1.64. The van der Waals surface area contributed by atoms with E-state index < -0.39 is 0 Å². The Hall–Kier alpha value is -3.03. The third-order valence-corrected chi connectivity index (χ3v) is 4.38. The second-order valence-corrected chi connectivity index (χ2v) is 5.86. The van der Waals surface area contributed by atoms with Crippen molar-refractivity contribution in [2.24, 2.45) is 0 Å². The average Bonchev–Trinajstić information content (AvgIpc) is 3.16. The molecule has 1 aliphatic rings. The molecule has 1 amide bonds. The Labute approximate surface area is 137 Å². The largest absolute Gasteiger partial charge is 0.334 e. The van der Waals surface area contributed by atoms with Crippen molar-refractivity contribution in [3.8, 4) is 0 Å². The molecule has 0 saturated carbocycles. The Balaban J connectivity index is 1.64. The first-order chi connectivity index (χ1) is 11.7. The molecule has 1 atom stereocenters. The molecule has 4 rings (SSSR count). The van der Waals surface area contributed by atoms with E-state index in [1.54, 1.807) is 21.9 Å². The number of carbonyl (C=O) groups is 1. The lowest BCUT2D eigenvalue weighted by Crippen LogP contribution is -2.43. The summed E-state index contributed by atoms with van der Waals surface area (Å²) in [6, 6.07) is 7.20. The molecule has 1 fully saturated rings. The standard InChI is InChI=1S/C16H16N6O2/c23-15-12-5-1-2-6-13(12)18-10-22(15)11-4-3-7-21(8-11)16(24)14-17-9-19-20-14/h1-2,5-6,9-11H,3-4,7-8H2,(H,17,19,20)/t11-/m1/s1. The highest BCUT2D eigenvalue weighted by Crippen LogP contribution is 2.21. The van der Waals surface area contributed by atoms with Gasteiger partial charge in [0.2, 0.25) is 5.82 Å². The number of H-pyrrole nitrogens is 1. The number of amides is 1. The lowest BCUT2D eigenvalue weighted by atomic mass is 10.0. The first kappa shape index (κ1) is 14.6. The molecular formula is C16H16N6O2. The third-order valence-electron chi connectivity index (χ3n) is 4.38. The predicted molar refractivity (Wildman–Crippen MR) is 86.6 cm³/mol. The van der Waals surface area contributed by atoms with Gasteiger partial charge in [-0.2, -0.15) is 5.10 Å². The zero-order valence-corrected chi connectivity index (χ0v) is 12.9. The Morgan fingerprint density at radius 3 is 2.96 bits per heavy atom. The number of benzene rings is 1. The van der Waals surface area contributed by atoms with E-state index in [9.17, 15) is 9.59 Å². The minimum absolute atomic E-state index is 0.0698. The van der Waals surface area contributed by atoms with Crippen molar-refractivity contribution in [2.45, 2.75) is 18.9 Å². The molecule has 1 aromatic carbocycles. The zero-order valence-electron chi connectivity index (χ0n) is 12.9. The molecule has 0 spiro atoms. The van der Waals surface area contributed by atoms with Gasteiger partial charge >= 0.3 is 0 Å². The zero-order chi connectivity index (χ0) is 16.5. The molecule has 24 heavy (non-hydrogen) atoms. The number of hydrogen-bond donors (Lipinski definition) is 1. The summed E-state index contributed by atoms with van der Waals surface area (Å²) in [5, 5.41) is 6.90. The predicted octanol–water partition coefficient (Wildman–Crippen LogP) is 0.992. The number of nitrogens with one attached hydrogen (secondary N) is 1. The second-order valence-electron chi connectivity index (χ2n) is 5.86. The van der Waals surface area contributed by atoms with Crippen LogP contribution in [-0.4, -0.2) is 48.6 Å². The summed E-state index contributed by atoms with van der Waals surface area (Å²) in [4.78, 5) is 35.1. The molecule has 8 heteroatoms. The fourth-order valence-corrected chi connectivity index (χ4v) is 3.17. The van der Waals surface area contributed by atoms with Crippen molar-refractivity contribution < 1.29 is 4.79 Å². The van der Waals surface area contributed by atoms with E-state index in [-0.39, 0.29) is 23.3 Å². The highest BCUT2D eigenvalue weighted by molar-refractivity contribution is 5.90. The van der Waals surface area contributed by atoms with Gasteiger partial charge in [0.1, 0.15) is 6.33 Å². The fourth-order valence-electron chi connectivity index (χ4n) is 3.17. The van der Waals surface area contributed by atoms with Crippen molar-refractivity contribution in [3.05, 3.63) is 53.1 Å². The Bertz CT molecular complexity index is 933. The lowest BCUT2D eigenvalue weighted by molar-refractivity contribution is 0.0665. The lowest BCUT2D eigenvalue weighted by Gasteiger charge is -2.33. The molecule has 2 aromatic heterocycles.